The number of carbonyl (C=O) groups excluding carboxylic acids is 1. The van der Waals surface area contributed by atoms with Gasteiger partial charge < -0.3 is 0 Å². The van der Waals surface area contributed by atoms with Crippen LogP contribution in [-0.2, 0) is 14.8 Å². The molecule has 0 unspecified atom stereocenters. The summed E-state index contributed by atoms with van der Waals surface area (Å²) in [5, 5.41) is 10.7. The number of nitro groups is 1. The molecular formula is C16H25N3O5S. The Hall–Kier alpha value is -2.03. The first-order valence-electron chi connectivity index (χ1n) is 8.52. The van der Waals surface area contributed by atoms with Crippen molar-refractivity contribution >= 4 is 21.6 Å². The van der Waals surface area contributed by atoms with Gasteiger partial charge in [-0.1, -0.05) is 51.9 Å². The van der Waals surface area contributed by atoms with Crippen LogP contribution in [0.4, 0.5) is 5.69 Å². The quantitative estimate of drug-likeness (QED) is 0.342. The number of sulfonamides is 1. The van der Waals surface area contributed by atoms with E-state index in [1.54, 1.807) is 0 Å². The molecule has 8 nitrogen and oxygen atoms in total. The topological polar surface area (TPSA) is 119 Å². The van der Waals surface area contributed by atoms with Gasteiger partial charge in [-0.3, -0.25) is 19.9 Å². The largest absolute Gasteiger partial charge is 0.288 e. The third-order valence-corrected chi connectivity index (χ3v) is 5.07. The van der Waals surface area contributed by atoms with Crippen molar-refractivity contribution in [2.75, 3.05) is 0 Å². The number of unbranched alkanes of at least 4 members (excludes halogenated alkanes) is 7. The SMILES string of the molecule is CCCCCCCCCCC(=O)NS(=O)(=O)c1cncc([N+](=O)[O-])c1. The van der Waals surface area contributed by atoms with Crippen LogP contribution in [0.3, 0.4) is 0 Å². The van der Waals surface area contributed by atoms with E-state index in [-0.39, 0.29) is 6.42 Å². The molecule has 0 radical (unpaired) electrons. The molecule has 1 rings (SSSR count). The maximum absolute atomic E-state index is 12.1. The molecular weight excluding hydrogens is 346 g/mol. The highest BCUT2D eigenvalue weighted by Crippen LogP contribution is 2.15. The van der Waals surface area contributed by atoms with Crippen LogP contribution in [0.15, 0.2) is 23.4 Å². The van der Waals surface area contributed by atoms with E-state index in [1.165, 1.54) is 25.7 Å². The Balaban J connectivity index is 2.38. The summed E-state index contributed by atoms with van der Waals surface area (Å²) in [7, 11) is -4.14. The summed E-state index contributed by atoms with van der Waals surface area (Å²) in [6.07, 6.45) is 10.5. The van der Waals surface area contributed by atoms with Gasteiger partial charge in [-0.15, -0.1) is 0 Å². The molecule has 1 N–H and O–H groups in total. The summed E-state index contributed by atoms with van der Waals surface area (Å²) < 4.78 is 26.0. The first-order chi connectivity index (χ1) is 11.9. The van der Waals surface area contributed by atoms with Gasteiger partial charge in [-0.05, 0) is 6.42 Å². The van der Waals surface area contributed by atoms with E-state index in [0.717, 1.165) is 37.7 Å². The molecule has 0 bridgehead atoms. The van der Waals surface area contributed by atoms with Gasteiger partial charge in [0.1, 0.15) is 11.1 Å². The number of hydrogen-bond donors (Lipinski definition) is 1. The van der Waals surface area contributed by atoms with Gasteiger partial charge in [0.05, 0.1) is 4.92 Å². The highest BCUT2D eigenvalue weighted by molar-refractivity contribution is 7.90. The summed E-state index contributed by atoms with van der Waals surface area (Å²) >= 11 is 0. The summed E-state index contributed by atoms with van der Waals surface area (Å²) in [4.78, 5) is 24.8. The minimum atomic E-state index is -4.14. The van der Waals surface area contributed by atoms with E-state index in [1.807, 2.05) is 4.72 Å². The first kappa shape index (κ1) is 21.0. The van der Waals surface area contributed by atoms with E-state index in [0.29, 0.717) is 6.42 Å². The number of carbonyl (C=O) groups is 1. The molecule has 0 atom stereocenters. The Labute approximate surface area is 148 Å². The van der Waals surface area contributed by atoms with Crippen molar-refractivity contribution in [1.29, 1.82) is 0 Å². The van der Waals surface area contributed by atoms with Crippen molar-refractivity contribution in [3.63, 3.8) is 0 Å². The molecule has 0 aliphatic carbocycles. The monoisotopic (exact) mass is 371 g/mol. The Kier molecular flexibility index (Phi) is 9.04. The van der Waals surface area contributed by atoms with Gasteiger partial charge in [0, 0.05) is 18.7 Å². The molecule has 1 amide bonds. The highest BCUT2D eigenvalue weighted by atomic mass is 32.2. The number of nitrogens with zero attached hydrogens (tertiary/aromatic N) is 2. The molecule has 0 aromatic carbocycles. The third-order valence-electron chi connectivity index (χ3n) is 3.73. The van der Waals surface area contributed by atoms with Crippen molar-refractivity contribution in [2.45, 2.75) is 69.6 Å². The van der Waals surface area contributed by atoms with Crippen LogP contribution in [0.2, 0.25) is 0 Å². The van der Waals surface area contributed by atoms with E-state index in [4.69, 9.17) is 0 Å². The molecule has 0 fully saturated rings. The highest BCUT2D eigenvalue weighted by Gasteiger charge is 2.20. The second-order valence-corrected chi connectivity index (χ2v) is 7.57. The Morgan fingerprint density at radius 3 is 2.32 bits per heavy atom. The van der Waals surface area contributed by atoms with Crippen LogP contribution >= 0.6 is 0 Å². The molecule has 1 aromatic rings. The summed E-state index contributed by atoms with van der Waals surface area (Å²) in [5.74, 6) is -0.613. The van der Waals surface area contributed by atoms with Gasteiger partial charge in [-0.2, -0.15) is 0 Å². The Morgan fingerprint density at radius 2 is 1.72 bits per heavy atom. The molecule has 9 heteroatoms. The van der Waals surface area contributed by atoms with Gasteiger partial charge in [0.2, 0.25) is 5.91 Å². The zero-order valence-corrected chi connectivity index (χ0v) is 15.3. The molecule has 25 heavy (non-hydrogen) atoms. The maximum atomic E-state index is 12.1. The lowest BCUT2D eigenvalue weighted by molar-refractivity contribution is -0.385. The van der Waals surface area contributed by atoms with Gasteiger partial charge in [0.15, 0.2) is 0 Å². The standard InChI is InChI=1S/C16H25N3O5S/c1-2-3-4-5-6-7-8-9-10-16(20)18-25(23,24)15-11-14(19(21)22)12-17-13-15/h11-13H,2-10H2,1H3,(H,18,20). The molecule has 0 saturated carbocycles. The number of rotatable bonds is 12. The van der Waals surface area contributed by atoms with Gasteiger partial charge in [0.25, 0.3) is 15.7 Å². The lowest BCUT2D eigenvalue weighted by Gasteiger charge is -2.06. The van der Waals surface area contributed by atoms with Crippen LogP contribution in [0.1, 0.15) is 64.7 Å². The number of amides is 1. The Bertz CT molecular complexity index is 676. The average molecular weight is 371 g/mol. The zero-order chi connectivity index (χ0) is 18.7. The molecule has 1 heterocycles. The second kappa shape index (κ2) is 10.8. The predicted molar refractivity (Wildman–Crippen MR) is 93.4 cm³/mol. The predicted octanol–water partition coefficient (Wildman–Crippen LogP) is 3.33. The molecule has 0 saturated heterocycles. The van der Waals surface area contributed by atoms with Crippen molar-refractivity contribution in [3.05, 3.63) is 28.6 Å². The van der Waals surface area contributed by atoms with Gasteiger partial charge in [-0.25, -0.2) is 13.1 Å². The van der Waals surface area contributed by atoms with E-state index in [9.17, 15) is 23.3 Å². The third kappa shape index (κ3) is 8.06. The van der Waals surface area contributed by atoms with Crippen LogP contribution in [-0.4, -0.2) is 24.2 Å². The van der Waals surface area contributed by atoms with Crippen LogP contribution in [0.25, 0.3) is 0 Å². The molecule has 0 spiro atoms. The Morgan fingerprint density at radius 1 is 1.12 bits per heavy atom. The summed E-state index contributed by atoms with van der Waals surface area (Å²) in [6, 6.07) is 0.874. The average Bonchev–Trinajstić information content (AvgIpc) is 2.57. The lowest BCUT2D eigenvalue weighted by Crippen LogP contribution is -2.30. The minimum absolute atomic E-state index is 0.108. The van der Waals surface area contributed by atoms with Gasteiger partial charge >= 0.3 is 0 Å². The normalized spacial score (nSPS) is 11.2. The first-order valence-corrected chi connectivity index (χ1v) is 10.00. The van der Waals surface area contributed by atoms with E-state index < -0.39 is 31.4 Å². The van der Waals surface area contributed by atoms with Crippen LogP contribution in [0, 0.1) is 10.1 Å². The van der Waals surface area contributed by atoms with Crippen LogP contribution in [0.5, 0.6) is 0 Å². The molecule has 0 aliphatic rings. The number of hydrogen-bond acceptors (Lipinski definition) is 6. The van der Waals surface area contributed by atoms with Crippen LogP contribution < -0.4 is 4.72 Å². The fourth-order valence-corrected chi connectivity index (χ4v) is 3.33. The smallest absolute Gasteiger partial charge is 0.274 e. The zero-order valence-electron chi connectivity index (χ0n) is 14.4. The second-order valence-electron chi connectivity index (χ2n) is 5.89. The summed E-state index contributed by atoms with van der Waals surface area (Å²) in [6.45, 7) is 2.16. The lowest BCUT2D eigenvalue weighted by atomic mass is 10.1. The molecule has 140 valence electrons. The minimum Gasteiger partial charge on any atom is -0.274 e. The molecule has 1 aromatic heterocycles. The number of nitrogens with one attached hydrogen (secondary N) is 1. The van der Waals surface area contributed by atoms with Crippen molar-refractivity contribution in [2.24, 2.45) is 0 Å². The maximum Gasteiger partial charge on any atom is 0.288 e. The van der Waals surface area contributed by atoms with Crippen molar-refractivity contribution < 1.29 is 18.1 Å². The number of aromatic nitrogens is 1. The fraction of sp³-hybridized carbons (Fsp3) is 0.625. The van der Waals surface area contributed by atoms with E-state index >= 15 is 0 Å². The fourth-order valence-electron chi connectivity index (χ4n) is 2.33. The number of pyridine rings is 1. The van der Waals surface area contributed by atoms with E-state index in [2.05, 4.69) is 11.9 Å². The summed E-state index contributed by atoms with van der Waals surface area (Å²) in [5.41, 5.74) is -0.446. The van der Waals surface area contributed by atoms with Crippen molar-refractivity contribution in [1.82, 2.24) is 9.71 Å². The molecule has 0 aliphatic heterocycles. The van der Waals surface area contributed by atoms with Crippen molar-refractivity contribution in [3.8, 4) is 0 Å².